The molecule has 1 saturated carbocycles. The fraction of sp³-hybridized carbons (Fsp3) is 0.533. The lowest BCUT2D eigenvalue weighted by Gasteiger charge is -2.10. The average molecular weight is 280 g/mol. The Bertz CT molecular complexity index is 473. The summed E-state index contributed by atoms with van der Waals surface area (Å²) in [4.78, 5) is 11.4. The largest absolute Gasteiger partial charge is 0.490 e. The minimum atomic E-state index is -0.411. The van der Waals surface area contributed by atoms with Crippen LogP contribution in [-0.4, -0.2) is 24.6 Å². The van der Waals surface area contributed by atoms with Gasteiger partial charge in [-0.2, -0.15) is 0 Å². The highest BCUT2D eigenvalue weighted by Gasteiger charge is 2.22. The number of hydrogen-bond donors (Lipinski definition) is 2. The highest BCUT2D eigenvalue weighted by Crippen LogP contribution is 2.20. The number of carbonyl (C=O) groups excluding carboxylic acids is 1. The van der Waals surface area contributed by atoms with Crippen molar-refractivity contribution >= 4 is 5.91 Å². The number of halogens is 1. The molecule has 20 heavy (non-hydrogen) atoms. The molecule has 1 fully saturated rings. The average Bonchev–Trinajstić information content (AvgIpc) is 3.15. The van der Waals surface area contributed by atoms with Crippen LogP contribution in [0, 0.1) is 5.82 Å². The number of amides is 1. The lowest BCUT2D eigenvalue weighted by atomic mass is 10.1. The molecule has 0 saturated heterocycles. The molecule has 1 aliphatic rings. The summed E-state index contributed by atoms with van der Waals surface area (Å²) in [6.07, 6.45) is 2.99. The second kappa shape index (κ2) is 6.70. The summed E-state index contributed by atoms with van der Waals surface area (Å²) in [6, 6.07) is 5.16. The normalized spacial score (nSPS) is 15.8. The van der Waals surface area contributed by atoms with Crippen molar-refractivity contribution in [2.45, 2.75) is 44.7 Å². The molecule has 1 amide bonds. The summed E-state index contributed by atoms with van der Waals surface area (Å²) in [5.74, 6) is -0.273. The Morgan fingerprint density at radius 3 is 2.90 bits per heavy atom. The van der Waals surface area contributed by atoms with Gasteiger partial charge in [0.05, 0.1) is 13.0 Å². The van der Waals surface area contributed by atoms with Crippen LogP contribution in [-0.2, 0) is 11.2 Å². The minimum absolute atomic E-state index is 0.00714. The van der Waals surface area contributed by atoms with Crippen LogP contribution in [0.25, 0.3) is 0 Å². The first-order chi connectivity index (χ1) is 9.54. The number of nitrogens with two attached hydrogens (primary N) is 1. The van der Waals surface area contributed by atoms with Crippen molar-refractivity contribution in [1.29, 1.82) is 0 Å². The lowest BCUT2D eigenvalue weighted by molar-refractivity contribution is -0.121. The van der Waals surface area contributed by atoms with E-state index in [1.54, 1.807) is 12.1 Å². The van der Waals surface area contributed by atoms with Gasteiger partial charge in [-0.1, -0.05) is 6.07 Å². The Balaban J connectivity index is 1.78. The third-order valence-electron chi connectivity index (χ3n) is 3.08. The Labute approximate surface area is 118 Å². The molecule has 3 N–H and O–H groups in total. The maximum Gasteiger partial charge on any atom is 0.223 e. The van der Waals surface area contributed by atoms with Gasteiger partial charge < -0.3 is 15.8 Å². The fourth-order valence-electron chi connectivity index (χ4n) is 1.94. The lowest BCUT2D eigenvalue weighted by Crippen LogP contribution is -2.26. The molecule has 0 spiro atoms. The van der Waals surface area contributed by atoms with Gasteiger partial charge in [-0.05, 0) is 43.9 Å². The maximum atomic E-state index is 13.8. The summed E-state index contributed by atoms with van der Waals surface area (Å²) >= 11 is 0. The van der Waals surface area contributed by atoms with Crippen LogP contribution in [0.3, 0.4) is 0 Å². The van der Waals surface area contributed by atoms with E-state index in [1.807, 2.05) is 6.92 Å². The molecule has 0 radical (unpaired) electrons. The number of ether oxygens (including phenoxy) is 1. The second-order valence-electron chi connectivity index (χ2n) is 5.39. The smallest absolute Gasteiger partial charge is 0.223 e. The monoisotopic (exact) mass is 280 g/mol. The molecule has 4 nitrogen and oxygen atoms in total. The molecule has 1 aliphatic carbocycles. The molecule has 1 unspecified atom stereocenters. The van der Waals surface area contributed by atoms with Crippen LogP contribution in [0.2, 0.25) is 0 Å². The van der Waals surface area contributed by atoms with Crippen LogP contribution >= 0.6 is 0 Å². The molecule has 1 aromatic carbocycles. The van der Waals surface area contributed by atoms with Gasteiger partial charge in [-0.15, -0.1) is 0 Å². The van der Waals surface area contributed by atoms with Crippen molar-refractivity contribution in [2.24, 2.45) is 5.73 Å². The molecule has 5 heteroatoms. The van der Waals surface area contributed by atoms with Gasteiger partial charge in [0.15, 0.2) is 11.6 Å². The molecule has 1 atom stereocenters. The van der Waals surface area contributed by atoms with E-state index >= 15 is 0 Å². The zero-order valence-electron chi connectivity index (χ0n) is 11.7. The first-order valence-corrected chi connectivity index (χ1v) is 7.01. The zero-order chi connectivity index (χ0) is 14.5. The van der Waals surface area contributed by atoms with Crippen LogP contribution in [0.5, 0.6) is 5.75 Å². The van der Waals surface area contributed by atoms with Crippen molar-refractivity contribution in [3.63, 3.8) is 0 Å². The second-order valence-corrected chi connectivity index (χ2v) is 5.39. The van der Waals surface area contributed by atoms with E-state index in [2.05, 4.69) is 5.32 Å². The molecule has 0 aromatic heterocycles. The number of hydrogen-bond acceptors (Lipinski definition) is 3. The Morgan fingerprint density at radius 2 is 2.30 bits per heavy atom. The van der Waals surface area contributed by atoms with Crippen molar-refractivity contribution in [3.8, 4) is 5.75 Å². The highest BCUT2D eigenvalue weighted by molar-refractivity contribution is 5.76. The van der Waals surface area contributed by atoms with Gasteiger partial charge in [-0.3, -0.25) is 4.79 Å². The topological polar surface area (TPSA) is 64.3 Å². The van der Waals surface area contributed by atoms with E-state index in [0.717, 1.165) is 18.4 Å². The van der Waals surface area contributed by atoms with Crippen molar-refractivity contribution < 1.29 is 13.9 Å². The number of carbonyl (C=O) groups is 1. The first kappa shape index (κ1) is 14.8. The molecule has 0 aliphatic heterocycles. The van der Waals surface area contributed by atoms with Crippen LogP contribution in [0.1, 0.15) is 31.7 Å². The summed E-state index contributed by atoms with van der Waals surface area (Å²) in [6.45, 7) is 2.06. The summed E-state index contributed by atoms with van der Waals surface area (Å²) < 4.78 is 19.1. The fourth-order valence-corrected chi connectivity index (χ4v) is 1.94. The Morgan fingerprint density at radius 1 is 1.55 bits per heavy atom. The molecule has 110 valence electrons. The van der Waals surface area contributed by atoms with E-state index in [0.29, 0.717) is 12.5 Å². The molecular weight excluding hydrogens is 259 g/mol. The van der Waals surface area contributed by atoms with E-state index < -0.39 is 5.82 Å². The van der Waals surface area contributed by atoms with Crippen LogP contribution in [0.15, 0.2) is 18.2 Å². The molecule has 0 heterocycles. The Kier molecular flexibility index (Phi) is 4.95. The predicted octanol–water partition coefficient (Wildman–Crippen LogP) is 1.76. The van der Waals surface area contributed by atoms with Gasteiger partial charge >= 0.3 is 0 Å². The molecule has 0 bridgehead atoms. The molecular formula is C15H21FN2O2. The predicted molar refractivity (Wildman–Crippen MR) is 75.0 cm³/mol. The quantitative estimate of drug-likeness (QED) is 0.800. The SMILES string of the molecule is CC(N)Cc1ccc(OCCC(=O)NC2CC2)c(F)c1. The molecule has 1 aromatic rings. The van der Waals surface area contributed by atoms with Gasteiger partial charge in [0.2, 0.25) is 5.91 Å². The summed E-state index contributed by atoms with van der Waals surface area (Å²) in [7, 11) is 0. The van der Waals surface area contributed by atoms with E-state index in [-0.39, 0.29) is 30.7 Å². The third kappa shape index (κ3) is 4.81. The van der Waals surface area contributed by atoms with Gasteiger partial charge in [0.25, 0.3) is 0 Å². The van der Waals surface area contributed by atoms with E-state index in [9.17, 15) is 9.18 Å². The molecule has 2 rings (SSSR count). The standard InChI is InChI=1S/C15H21FN2O2/c1-10(17)8-11-2-5-14(13(16)9-11)20-7-6-15(19)18-12-3-4-12/h2,5,9-10,12H,3-4,6-8,17H2,1H3,(H,18,19). The van der Waals surface area contributed by atoms with E-state index in [1.165, 1.54) is 6.07 Å². The van der Waals surface area contributed by atoms with Crippen LogP contribution in [0.4, 0.5) is 4.39 Å². The van der Waals surface area contributed by atoms with Gasteiger partial charge in [-0.25, -0.2) is 4.39 Å². The van der Waals surface area contributed by atoms with Gasteiger partial charge in [0.1, 0.15) is 0 Å². The number of nitrogens with one attached hydrogen (secondary N) is 1. The maximum absolute atomic E-state index is 13.8. The summed E-state index contributed by atoms with van der Waals surface area (Å²) in [5.41, 5.74) is 6.52. The number of rotatable bonds is 7. The minimum Gasteiger partial charge on any atom is -0.490 e. The third-order valence-corrected chi connectivity index (χ3v) is 3.08. The van der Waals surface area contributed by atoms with Crippen molar-refractivity contribution in [3.05, 3.63) is 29.6 Å². The summed E-state index contributed by atoms with van der Waals surface area (Å²) in [5, 5.41) is 2.86. The number of benzene rings is 1. The highest BCUT2D eigenvalue weighted by atomic mass is 19.1. The van der Waals surface area contributed by atoms with E-state index in [4.69, 9.17) is 10.5 Å². The van der Waals surface area contributed by atoms with Crippen LogP contribution < -0.4 is 15.8 Å². The van der Waals surface area contributed by atoms with Crippen molar-refractivity contribution in [2.75, 3.05) is 6.61 Å². The van der Waals surface area contributed by atoms with Crippen molar-refractivity contribution in [1.82, 2.24) is 5.32 Å². The Hall–Kier alpha value is -1.62. The zero-order valence-corrected chi connectivity index (χ0v) is 11.7. The first-order valence-electron chi connectivity index (χ1n) is 7.01. The van der Waals surface area contributed by atoms with Gasteiger partial charge in [0, 0.05) is 12.1 Å².